The molecule has 0 bridgehead atoms. The molecule has 2 aromatic carbocycles. The molecule has 0 aromatic heterocycles. The summed E-state index contributed by atoms with van der Waals surface area (Å²) in [6.07, 6.45) is 6.28. The summed E-state index contributed by atoms with van der Waals surface area (Å²) in [6, 6.07) is 13.0. The minimum atomic E-state index is -0.862. The van der Waals surface area contributed by atoms with E-state index in [9.17, 15) is 8.78 Å². The van der Waals surface area contributed by atoms with E-state index in [0.29, 0.717) is 12.0 Å². The number of aldehydes is 1. The van der Waals surface area contributed by atoms with Crippen LogP contribution in [-0.4, -0.2) is 6.29 Å². The Kier molecular flexibility index (Phi) is 9.62. The van der Waals surface area contributed by atoms with Crippen LogP contribution in [0.15, 0.2) is 61.2 Å². The fourth-order valence-electron chi connectivity index (χ4n) is 2.28. The molecule has 0 aliphatic heterocycles. The van der Waals surface area contributed by atoms with Gasteiger partial charge in [0.05, 0.1) is 0 Å². The highest BCUT2D eigenvalue weighted by atomic mass is 19.2. The Morgan fingerprint density at radius 2 is 1.42 bits per heavy atom. The van der Waals surface area contributed by atoms with Gasteiger partial charge in [-0.1, -0.05) is 50.6 Å². The van der Waals surface area contributed by atoms with E-state index in [1.165, 1.54) is 31.1 Å². The fourth-order valence-corrected chi connectivity index (χ4v) is 2.28. The number of halogens is 2. The number of nitrogens with two attached hydrogens (primary N) is 1. The smallest absolute Gasteiger partial charge is 0.166 e. The largest absolute Gasteiger partial charge is 0.399 e. The van der Waals surface area contributed by atoms with E-state index in [-0.39, 0.29) is 11.1 Å². The van der Waals surface area contributed by atoms with E-state index in [1.807, 2.05) is 12.1 Å². The summed E-state index contributed by atoms with van der Waals surface area (Å²) in [6.45, 7) is 5.27. The van der Waals surface area contributed by atoms with Gasteiger partial charge in [-0.2, -0.15) is 0 Å². The van der Waals surface area contributed by atoms with Gasteiger partial charge in [-0.25, -0.2) is 8.78 Å². The van der Waals surface area contributed by atoms with E-state index >= 15 is 0 Å². The summed E-state index contributed by atoms with van der Waals surface area (Å²) in [5.41, 5.74) is 7.67. The molecule has 26 heavy (non-hydrogen) atoms. The lowest BCUT2D eigenvalue weighted by Crippen LogP contribution is -1.89. The number of aryl methyl sites for hydroxylation is 1. The lowest BCUT2D eigenvalue weighted by molar-refractivity contribution is -0.104. The van der Waals surface area contributed by atoms with Gasteiger partial charge in [-0.05, 0) is 48.7 Å². The normalized spacial score (nSPS) is 11.0. The van der Waals surface area contributed by atoms with Crippen LogP contribution in [0.3, 0.4) is 0 Å². The van der Waals surface area contributed by atoms with Crippen LogP contribution in [0.5, 0.6) is 0 Å². The predicted octanol–water partition coefficient (Wildman–Crippen LogP) is 6.14. The lowest BCUT2D eigenvalue weighted by atomic mass is 10.0. The number of hydrogen-bond acceptors (Lipinski definition) is 2. The Morgan fingerprint density at radius 3 is 1.85 bits per heavy atom. The second-order valence-electron chi connectivity index (χ2n) is 5.78. The quantitative estimate of drug-likeness (QED) is 0.213. The van der Waals surface area contributed by atoms with Crippen LogP contribution in [0, 0.1) is 0 Å². The first kappa shape index (κ1) is 21.3. The minimum absolute atomic E-state index is 0.193. The molecular weight excluding hydrogens is 332 g/mol. The van der Waals surface area contributed by atoms with Gasteiger partial charge in [-0.15, -0.1) is 0 Å². The van der Waals surface area contributed by atoms with Crippen LogP contribution < -0.4 is 5.73 Å². The zero-order valence-corrected chi connectivity index (χ0v) is 15.1. The van der Waals surface area contributed by atoms with Crippen molar-refractivity contribution in [3.8, 4) is 0 Å². The Morgan fingerprint density at radius 1 is 0.962 bits per heavy atom. The Balaban J connectivity index is 0.000000765. The number of carbonyl (C=O) groups excluding carboxylic acids is 1. The first-order valence-electron chi connectivity index (χ1n) is 8.60. The van der Waals surface area contributed by atoms with Crippen LogP contribution in [-0.2, 0) is 11.2 Å². The summed E-state index contributed by atoms with van der Waals surface area (Å²) >= 11 is 0. The summed E-state index contributed by atoms with van der Waals surface area (Å²) < 4.78 is 28.4. The second kappa shape index (κ2) is 11.7. The molecule has 0 saturated heterocycles. The van der Waals surface area contributed by atoms with E-state index < -0.39 is 11.7 Å². The third-order valence-corrected chi connectivity index (χ3v) is 3.73. The lowest BCUT2D eigenvalue weighted by Gasteiger charge is -2.05. The molecule has 2 N–H and O–H groups in total. The predicted molar refractivity (Wildman–Crippen MR) is 106 cm³/mol. The average molecular weight is 357 g/mol. The number of nitrogen functional groups attached to an aromatic ring is 1. The summed E-state index contributed by atoms with van der Waals surface area (Å²) in [7, 11) is 0. The standard InChI is InChI=1S/C19H21F2N.C3H4O/c1-2-3-4-5-14-6-8-15(9-7-14)18(20)19(21)16-10-12-17(22)13-11-16;1-2-3-4/h6-13H,2-5,22H2,1H3;2-3H,1H2/b19-18+;. The first-order chi connectivity index (χ1) is 12.5. The second-order valence-corrected chi connectivity index (χ2v) is 5.78. The summed E-state index contributed by atoms with van der Waals surface area (Å²) in [4.78, 5) is 9.06. The molecule has 0 unspecified atom stereocenters. The van der Waals surface area contributed by atoms with Gasteiger partial charge in [0.15, 0.2) is 11.7 Å². The Hall–Kier alpha value is -2.75. The SMILES string of the molecule is C=CC=O.CCCCCc1ccc(/C(F)=C(\F)c2ccc(N)cc2)cc1. The van der Waals surface area contributed by atoms with Gasteiger partial charge in [0.2, 0.25) is 0 Å². The third-order valence-electron chi connectivity index (χ3n) is 3.73. The highest BCUT2D eigenvalue weighted by Gasteiger charge is 2.11. The molecule has 0 amide bonds. The number of allylic oxidation sites excluding steroid dienone is 1. The molecule has 138 valence electrons. The van der Waals surface area contributed by atoms with Crippen molar-refractivity contribution < 1.29 is 13.6 Å². The van der Waals surface area contributed by atoms with Crippen LogP contribution in [0.2, 0.25) is 0 Å². The summed E-state index contributed by atoms with van der Waals surface area (Å²) in [5.74, 6) is -1.70. The number of hydrogen-bond donors (Lipinski definition) is 1. The molecule has 0 heterocycles. The van der Waals surface area contributed by atoms with E-state index in [2.05, 4.69) is 13.5 Å². The molecule has 2 rings (SSSR count). The number of benzene rings is 2. The van der Waals surface area contributed by atoms with Gasteiger partial charge in [0.25, 0.3) is 0 Å². The number of carbonyl (C=O) groups is 1. The van der Waals surface area contributed by atoms with Crippen molar-refractivity contribution in [2.24, 2.45) is 0 Å². The number of unbranched alkanes of at least 4 members (excludes halogenated alkanes) is 2. The average Bonchev–Trinajstić information content (AvgIpc) is 2.68. The number of anilines is 1. The highest BCUT2D eigenvalue weighted by molar-refractivity contribution is 5.83. The fraction of sp³-hybridized carbons (Fsp3) is 0.227. The Labute approximate surface area is 154 Å². The van der Waals surface area contributed by atoms with Crippen molar-refractivity contribution >= 4 is 23.6 Å². The van der Waals surface area contributed by atoms with Crippen LogP contribution in [0.25, 0.3) is 11.7 Å². The van der Waals surface area contributed by atoms with Crippen LogP contribution in [0.4, 0.5) is 14.5 Å². The van der Waals surface area contributed by atoms with E-state index in [4.69, 9.17) is 10.5 Å². The van der Waals surface area contributed by atoms with Crippen molar-refractivity contribution in [1.29, 1.82) is 0 Å². The van der Waals surface area contributed by atoms with E-state index in [1.54, 1.807) is 24.3 Å². The van der Waals surface area contributed by atoms with Crippen molar-refractivity contribution in [2.75, 3.05) is 5.73 Å². The third kappa shape index (κ3) is 7.01. The molecule has 2 nitrogen and oxygen atoms in total. The van der Waals surface area contributed by atoms with Gasteiger partial charge in [-0.3, -0.25) is 4.79 Å². The molecule has 0 aliphatic rings. The van der Waals surface area contributed by atoms with Crippen molar-refractivity contribution in [3.63, 3.8) is 0 Å². The van der Waals surface area contributed by atoms with Crippen molar-refractivity contribution in [2.45, 2.75) is 32.6 Å². The molecule has 0 saturated carbocycles. The number of rotatable bonds is 7. The Bertz CT molecular complexity index is 713. The maximum absolute atomic E-state index is 14.2. The van der Waals surface area contributed by atoms with Gasteiger partial charge < -0.3 is 5.73 Å². The zero-order valence-electron chi connectivity index (χ0n) is 15.1. The topological polar surface area (TPSA) is 43.1 Å². The van der Waals surface area contributed by atoms with E-state index in [0.717, 1.165) is 18.4 Å². The molecule has 0 spiro atoms. The van der Waals surface area contributed by atoms with Crippen LogP contribution >= 0.6 is 0 Å². The van der Waals surface area contributed by atoms with Crippen LogP contribution in [0.1, 0.15) is 42.9 Å². The minimum Gasteiger partial charge on any atom is -0.399 e. The maximum atomic E-state index is 14.2. The van der Waals surface area contributed by atoms with Crippen molar-refractivity contribution in [3.05, 3.63) is 77.9 Å². The molecular formula is C22H25F2NO. The highest BCUT2D eigenvalue weighted by Crippen LogP contribution is 2.29. The maximum Gasteiger partial charge on any atom is 0.166 e. The molecule has 0 atom stereocenters. The van der Waals surface area contributed by atoms with Gasteiger partial charge in [0, 0.05) is 16.8 Å². The van der Waals surface area contributed by atoms with Gasteiger partial charge >= 0.3 is 0 Å². The molecule has 0 fully saturated rings. The molecule has 2 aromatic rings. The van der Waals surface area contributed by atoms with Gasteiger partial charge in [0.1, 0.15) is 6.29 Å². The molecule has 4 heteroatoms. The molecule has 0 aliphatic carbocycles. The van der Waals surface area contributed by atoms with Crippen molar-refractivity contribution in [1.82, 2.24) is 0 Å². The zero-order chi connectivity index (χ0) is 19.4. The molecule has 0 radical (unpaired) electrons. The first-order valence-corrected chi connectivity index (χ1v) is 8.60. The summed E-state index contributed by atoms with van der Waals surface area (Å²) in [5, 5.41) is 0. The monoisotopic (exact) mass is 357 g/mol.